The fraction of sp³-hybridized carbons (Fsp3) is 0.750. The van der Waals surface area contributed by atoms with E-state index in [1.165, 1.54) is 0 Å². The number of nitrogens with zero attached hydrogens (tertiary/aromatic N) is 1. The Balaban J connectivity index is 3.58. The Kier molecular flexibility index (Phi) is 4.41. The van der Waals surface area contributed by atoms with E-state index >= 15 is 0 Å². The average molecular weight is 127 g/mol. The zero-order chi connectivity index (χ0) is 7.28. The molecule has 1 unspecified atom stereocenters. The molecular weight excluding hydrogens is 110 g/mol. The van der Waals surface area contributed by atoms with Gasteiger partial charge in [0, 0.05) is 6.04 Å². The Morgan fingerprint density at radius 3 is 2.44 bits per heavy atom. The maximum atomic E-state index is 2.29. The van der Waals surface area contributed by atoms with Crippen LogP contribution in [0.1, 0.15) is 20.8 Å². The summed E-state index contributed by atoms with van der Waals surface area (Å²) in [4.78, 5) is 2.29. The third-order valence-corrected chi connectivity index (χ3v) is 1.67. The van der Waals surface area contributed by atoms with Crippen LogP contribution in [0.15, 0.2) is 12.2 Å². The molecule has 0 aliphatic rings. The fourth-order valence-electron chi connectivity index (χ4n) is 0.713. The number of rotatable bonds is 3. The van der Waals surface area contributed by atoms with Gasteiger partial charge in [-0.15, -0.1) is 0 Å². The van der Waals surface area contributed by atoms with Gasteiger partial charge in [0.2, 0.25) is 0 Å². The van der Waals surface area contributed by atoms with Crippen LogP contribution in [0.25, 0.3) is 0 Å². The molecule has 1 atom stereocenters. The maximum Gasteiger partial charge on any atom is 0.0246 e. The summed E-state index contributed by atoms with van der Waals surface area (Å²) in [5.74, 6) is 0. The summed E-state index contributed by atoms with van der Waals surface area (Å²) in [6.45, 7) is 7.54. The minimum absolute atomic E-state index is 0.583. The Labute approximate surface area is 58.4 Å². The number of allylic oxidation sites excluding steroid dienone is 1. The fourth-order valence-corrected chi connectivity index (χ4v) is 0.713. The average Bonchev–Trinajstić information content (AvgIpc) is 1.87. The molecule has 0 spiro atoms. The van der Waals surface area contributed by atoms with E-state index in [-0.39, 0.29) is 0 Å². The first-order valence-electron chi connectivity index (χ1n) is 3.55. The first kappa shape index (κ1) is 8.70. The van der Waals surface area contributed by atoms with Crippen molar-refractivity contribution in [3.63, 3.8) is 0 Å². The third kappa shape index (κ3) is 3.31. The predicted octanol–water partition coefficient (Wildman–Crippen LogP) is 1.90. The molecule has 0 aliphatic heterocycles. The van der Waals surface area contributed by atoms with Crippen molar-refractivity contribution in [1.82, 2.24) is 4.90 Å². The van der Waals surface area contributed by atoms with Crippen LogP contribution in [-0.2, 0) is 0 Å². The quantitative estimate of drug-likeness (QED) is 0.523. The zero-order valence-electron chi connectivity index (χ0n) is 6.89. The van der Waals surface area contributed by atoms with Crippen LogP contribution in [0.5, 0.6) is 0 Å². The Morgan fingerprint density at radius 1 is 1.56 bits per heavy atom. The van der Waals surface area contributed by atoms with Crippen molar-refractivity contribution in [2.24, 2.45) is 0 Å². The molecule has 0 N–H and O–H groups in total. The van der Waals surface area contributed by atoms with Gasteiger partial charge in [0.15, 0.2) is 0 Å². The molecule has 1 heteroatoms. The van der Waals surface area contributed by atoms with Crippen LogP contribution in [0, 0.1) is 0 Å². The first-order valence-corrected chi connectivity index (χ1v) is 3.55. The van der Waals surface area contributed by atoms with Crippen molar-refractivity contribution in [2.75, 3.05) is 13.6 Å². The van der Waals surface area contributed by atoms with E-state index < -0.39 is 0 Å². The Hall–Kier alpha value is -0.300. The lowest BCUT2D eigenvalue weighted by Crippen LogP contribution is -2.26. The Morgan fingerprint density at radius 2 is 2.11 bits per heavy atom. The molecule has 0 saturated carbocycles. The van der Waals surface area contributed by atoms with Gasteiger partial charge in [0.05, 0.1) is 0 Å². The summed E-state index contributed by atoms with van der Waals surface area (Å²) >= 11 is 0. The van der Waals surface area contributed by atoms with Crippen LogP contribution in [-0.4, -0.2) is 24.5 Å². The molecule has 0 saturated heterocycles. The molecule has 1 nitrogen and oxygen atoms in total. The normalized spacial score (nSPS) is 15.2. The van der Waals surface area contributed by atoms with Gasteiger partial charge in [-0.2, -0.15) is 0 Å². The van der Waals surface area contributed by atoms with E-state index in [1.54, 1.807) is 0 Å². The van der Waals surface area contributed by atoms with E-state index in [4.69, 9.17) is 0 Å². The van der Waals surface area contributed by atoms with Gasteiger partial charge < -0.3 is 4.90 Å². The van der Waals surface area contributed by atoms with Gasteiger partial charge in [-0.05, 0) is 27.4 Å². The highest BCUT2D eigenvalue weighted by molar-refractivity contribution is 4.88. The summed E-state index contributed by atoms with van der Waals surface area (Å²) < 4.78 is 0. The SMILES string of the molecule is C/C=C\C(C)N(C)CC. The molecule has 0 fully saturated rings. The molecule has 9 heavy (non-hydrogen) atoms. The lowest BCUT2D eigenvalue weighted by atomic mass is 10.3. The number of hydrogen-bond acceptors (Lipinski definition) is 1. The smallest absolute Gasteiger partial charge is 0.0246 e. The summed E-state index contributed by atoms with van der Waals surface area (Å²) in [5.41, 5.74) is 0. The molecule has 0 amide bonds. The molecule has 0 heterocycles. The predicted molar refractivity (Wildman–Crippen MR) is 42.6 cm³/mol. The standard InChI is InChI=1S/C8H17N/c1-5-7-8(3)9(4)6-2/h5,7-8H,6H2,1-4H3/b7-5-. The van der Waals surface area contributed by atoms with Crippen molar-refractivity contribution in [1.29, 1.82) is 0 Å². The largest absolute Gasteiger partial charge is 0.301 e. The van der Waals surface area contributed by atoms with Crippen molar-refractivity contribution < 1.29 is 0 Å². The van der Waals surface area contributed by atoms with Crippen LogP contribution < -0.4 is 0 Å². The third-order valence-electron chi connectivity index (χ3n) is 1.67. The monoisotopic (exact) mass is 127 g/mol. The summed E-state index contributed by atoms with van der Waals surface area (Å²) in [5, 5.41) is 0. The van der Waals surface area contributed by atoms with Crippen molar-refractivity contribution in [2.45, 2.75) is 26.8 Å². The zero-order valence-corrected chi connectivity index (χ0v) is 6.89. The van der Waals surface area contributed by atoms with Gasteiger partial charge in [-0.25, -0.2) is 0 Å². The molecule has 0 aromatic rings. The van der Waals surface area contributed by atoms with Crippen molar-refractivity contribution in [3.05, 3.63) is 12.2 Å². The highest BCUT2D eigenvalue weighted by atomic mass is 15.1. The van der Waals surface area contributed by atoms with E-state index in [0.29, 0.717) is 6.04 Å². The Bertz CT molecular complexity index is 86.6. The second-order valence-corrected chi connectivity index (χ2v) is 2.34. The lowest BCUT2D eigenvalue weighted by molar-refractivity contribution is 0.313. The number of hydrogen-bond donors (Lipinski definition) is 0. The molecule has 0 aromatic carbocycles. The molecular formula is C8H17N. The van der Waals surface area contributed by atoms with E-state index in [1.807, 2.05) is 0 Å². The first-order chi connectivity index (χ1) is 4.22. The topological polar surface area (TPSA) is 3.24 Å². The van der Waals surface area contributed by atoms with Crippen molar-refractivity contribution in [3.8, 4) is 0 Å². The van der Waals surface area contributed by atoms with Crippen molar-refractivity contribution >= 4 is 0 Å². The summed E-state index contributed by atoms with van der Waals surface area (Å²) in [7, 11) is 2.13. The van der Waals surface area contributed by atoms with Gasteiger partial charge in [0.25, 0.3) is 0 Å². The van der Waals surface area contributed by atoms with Crippen LogP contribution in [0.4, 0.5) is 0 Å². The number of likely N-dealkylation sites (N-methyl/N-ethyl adjacent to an activating group) is 1. The van der Waals surface area contributed by atoms with Gasteiger partial charge in [-0.1, -0.05) is 19.1 Å². The lowest BCUT2D eigenvalue weighted by Gasteiger charge is -2.18. The van der Waals surface area contributed by atoms with E-state index in [9.17, 15) is 0 Å². The van der Waals surface area contributed by atoms with Gasteiger partial charge >= 0.3 is 0 Å². The molecule has 54 valence electrons. The summed E-state index contributed by atoms with van der Waals surface area (Å²) in [6.07, 6.45) is 4.29. The van der Waals surface area contributed by atoms with Crippen LogP contribution >= 0.6 is 0 Å². The highest BCUT2D eigenvalue weighted by Gasteiger charge is 1.99. The second-order valence-electron chi connectivity index (χ2n) is 2.34. The maximum absolute atomic E-state index is 2.29. The highest BCUT2D eigenvalue weighted by Crippen LogP contribution is 1.94. The van der Waals surface area contributed by atoms with Crippen LogP contribution in [0.3, 0.4) is 0 Å². The van der Waals surface area contributed by atoms with E-state index in [0.717, 1.165) is 6.54 Å². The molecule has 0 aromatic heterocycles. The minimum atomic E-state index is 0.583. The second kappa shape index (κ2) is 4.57. The molecule has 0 aliphatic carbocycles. The molecule has 0 bridgehead atoms. The van der Waals surface area contributed by atoms with E-state index in [2.05, 4.69) is 44.9 Å². The molecule has 0 radical (unpaired) electrons. The minimum Gasteiger partial charge on any atom is -0.301 e. The summed E-state index contributed by atoms with van der Waals surface area (Å²) in [6, 6.07) is 0.583. The van der Waals surface area contributed by atoms with Gasteiger partial charge in [-0.3, -0.25) is 0 Å². The van der Waals surface area contributed by atoms with Crippen LogP contribution in [0.2, 0.25) is 0 Å². The molecule has 0 rings (SSSR count). The van der Waals surface area contributed by atoms with Gasteiger partial charge in [0.1, 0.15) is 0 Å².